The van der Waals surface area contributed by atoms with Crippen LogP contribution in [0.25, 0.3) is 0 Å². The van der Waals surface area contributed by atoms with E-state index in [1.54, 1.807) is 24.4 Å². The number of amides is 1. The fourth-order valence-corrected chi connectivity index (χ4v) is 3.21. The number of halogens is 2. The Kier molecular flexibility index (Phi) is 5.21. The third-order valence-electron chi connectivity index (χ3n) is 4.12. The normalized spacial score (nSPS) is 15.4. The summed E-state index contributed by atoms with van der Waals surface area (Å²) in [4.78, 5) is 23.3. The predicted molar refractivity (Wildman–Crippen MR) is 96.8 cm³/mol. The first-order chi connectivity index (χ1) is 11.5. The van der Waals surface area contributed by atoms with Gasteiger partial charge in [-0.25, -0.2) is 9.97 Å². The summed E-state index contributed by atoms with van der Waals surface area (Å²) >= 11 is 12.0. The third kappa shape index (κ3) is 3.97. The van der Waals surface area contributed by atoms with E-state index in [-0.39, 0.29) is 11.8 Å². The van der Waals surface area contributed by atoms with Gasteiger partial charge in [0.25, 0.3) is 0 Å². The second-order valence-corrected chi connectivity index (χ2v) is 6.72. The lowest BCUT2D eigenvalue weighted by Crippen LogP contribution is -2.39. The Balaban J connectivity index is 1.59. The average Bonchev–Trinajstić information content (AvgIpc) is 2.57. The van der Waals surface area contributed by atoms with Crippen molar-refractivity contribution in [3.63, 3.8) is 0 Å². The van der Waals surface area contributed by atoms with Gasteiger partial charge in [0.1, 0.15) is 0 Å². The van der Waals surface area contributed by atoms with E-state index in [1.165, 1.54) is 0 Å². The van der Waals surface area contributed by atoms with Crippen LogP contribution in [0.3, 0.4) is 0 Å². The molecule has 1 aliphatic heterocycles. The van der Waals surface area contributed by atoms with Crippen molar-refractivity contribution in [2.45, 2.75) is 19.8 Å². The van der Waals surface area contributed by atoms with Crippen molar-refractivity contribution in [1.82, 2.24) is 9.97 Å². The SMILES string of the molecule is Cc1ccnc(N2CCC(C(=O)Nc3ccc(Cl)cc3Cl)CC2)n1. The quantitative estimate of drug-likeness (QED) is 0.895. The number of nitrogens with zero attached hydrogens (tertiary/aromatic N) is 3. The Morgan fingerprint density at radius 2 is 2.00 bits per heavy atom. The number of hydrogen-bond donors (Lipinski definition) is 1. The smallest absolute Gasteiger partial charge is 0.227 e. The first-order valence-corrected chi connectivity index (χ1v) is 8.59. The number of anilines is 2. The van der Waals surface area contributed by atoms with Crippen LogP contribution in [0, 0.1) is 12.8 Å². The number of carbonyl (C=O) groups is 1. The molecule has 0 saturated carbocycles. The van der Waals surface area contributed by atoms with Crippen molar-refractivity contribution in [3.8, 4) is 0 Å². The highest BCUT2D eigenvalue weighted by atomic mass is 35.5. The van der Waals surface area contributed by atoms with Crippen molar-refractivity contribution in [2.75, 3.05) is 23.3 Å². The average molecular weight is 365 g/mol. The fraction of sp³-hybridized carbons (Fsp3) is 0.353. The van der Waals surface area contributed by atoms with E-state index in [2.05, 4.69) is 20.2 Å². The molecule has 126 valence electrons. The van der Waals surface area contributed by atoms with Gasteiger partial charge in [-0.3, -0.25) is 4.79 Å². The van der Waals surface area contributed by atoms with Crippen LogP contribution in [-0.4, -0.2) is 29.0 Å². The Labute approximate surface area is 151 Å². The molecule has 0 atom stereocenters. The van der Waals surface area contributed by atoms with Crippen LogP contribution in [0.4, 0.5) is 11.6 Å². The molecule has 7 heteroatoms. The van der Waals surface area contributed by atoms with E-state index < -0.39 is 0 Å². The highest BCUT2D eigenvalue weighted by Crippen LogP contribution is 2.27. The van der Waals surface area contributed by atoms with Gasteiger partial charge in [0.2, 0.25) is 11.9 Å². The van der Waals surface area contributed by atoms with Crippen LogP contribution in [0.15, 0.2) is 30.5 Å². The van der Waals surface area contributed by atoms with Crippen molar-refractivity contribution >= 4 is 40.7 Å². The van der Waals surface area contributed by atoms with Gasteiger partial charge in [0.05, 0.1) is 10.7 Å². The van der Waals surface area contributed by atoms with Gasteiger partial charge in [-0.2, -0.15) is 0 Å². The number of piperidine rings is 1. The molecule has 1 amide bonds. The summed E-state index contributed by atoms with van der Waals surface area (Å²) in [6.07, 6.45) is 3.28. The minimum absolute atomic E-state index is 0.0102. The van der Waals surface area contributed by atoms with E-state index >= 15 is 0 Å². The molecule has 2 heterocycles. The first kappa shape index (κ1) is 17.0. The van der Waals surface area contributed by atoms with Crippen LogP contribution in [0.1, 0.15) is 18.5 Å². The zero-order chi connectivity index (χ0) is 17.1. The van der Waals surface area contributed by atoms with E-state index in [0.29, 0.717) is 15.7 Å². The molecule has 3 rings (SSSR count). The zero-order valence-electron chi connectivity index (χ0n) is 13.3. The highest BCUT2D eigenvalue weighted by molar-refractivity contribution is 6.36. The van der Waals surface area contributed by atoms with Gasteiger partial charge in [0.15, 0.2) is 0 Å². The summed E-state index contributed by atoms with van der Waals surface area (Å²) in [6.45, 7) is 3.47. The number of rotatable bonds is 3. The zero-order valence-corrected chi connectivity index (χ0v) is 14.8. The molecule has 1 aromatic carbocycles. The first-order valence-electron chi connectivity index (χ1n) is 7.83. The van der Waals surface area contributed by atoms with E-state index in [1.807, 2.05) is 13.0 Å². The number of nitrogens with one attached hydrogen (secondary N) is 1. The molecular weight excluding hydrogens is 347 g/mol. The van der Waals surface area contributed by atoms with Gasteiger partial charge in [0, 0.05) is 35.9 Å². The molecule has 1 aromatic heterocycles. The molecule has 1 saturated heterocycles. The summed E-state index contributed by atoms with van der Waals surface area (Å²) in [5.41, 5.74) is 1.53. The van der Waals surface area contributed by atoms with Crippen LogP contribution in [-0.2, 0) is 4.79 Å². The molecule has 1 fully saturated rings. The largest absolute Gasteiger partial charge is 0.341 e. The third-order valence-corrected chi connectivity index (χ3v) is 4.67. The number of aromatic nitrogens is 2. The Morgan fingerprint density at radius 1 is 1.25 bits per heavy atom. The topological polar surface area (TPSA) is 58.1 Å². The van der Waals surface area contributed by atoms with Crippen LogP contribution in [0.5, 0.6) is 0 Å². The van der Waals surface area contributed by atoms with Gasteiger partial charge >= 0.3 is 0 Å². The molecular formula is C17H18Cl2N4O. The van der Waals surface area contributed by atoms with Crippen molar-refractivity contribution < 1.29 is 4.79 Å². The predicted octanol–water partition coefficient (Wildman–Crippen LogP) is 3.95. The summed E-state index contributed by atoms with van der Waals surface area (Å²) in [6, 6.07) is 6.93. The van der Waals surface area contributed by atoms with Crippen LogP contribution in [0.2, 0.25) is 10.0 Å². The summed E-state index contributed by atoms with van der Waals surface area (Å²) in [5.74, 6) is 0.677. The maximum absolute atomic E-state index is 12.4. The van der Waals surface area contributed by atoms with E-state index in [4.69, 9.17) is 23.2 Å². The Bertz CT molecular complexity index is 745. The number of aryl methyl sites for hydroxylation is 1. The molecule has 2 aromatic rings. The van der Waals surface area contributed by atoms with Gasteiger partial charge in [-0.15, -0.1) is 0 Å². The summed E-state index contributed by atoms with van der Waals surface area (Å²) < 4.78 is 0. The Hall–Kier alpha value is -1.85. The number of carbonyl (C=O) groups excluding carboxylic acids is 1. The second kappa shape index (κ2) is 7.36. The van der Waals surface area contributed by atoms with Crippen LogP contribution < -0.4 is 10.2 Å². The summed E-state index contributed by atoms with van der Waals surface area (Å²) in [5, 5.41) is 3.88. The molecule has 1 N–H and O–H groups in total. The fourth-order valence-electron chi connectivity index (χ4n) is 2.76. The lowest BCUT2D eigenvalue weighted by atomic mass is 9.96. The molecule has 0 unspecified atom stereocenters. The minimum Gasteiger partial charge on any atom is -0.341 e. The highest BCUT2D eigenvalue weighted by Gasteiger charge is 2.26. The van der Waals surface area contributed by atoms with E-state index in [0.717, 1.165) is 37.6 Å². The van der Waals surface area contributed by atoms with Gasteiger partial charge < -0.3 is 10.2 Å². The van der Waals surface area contributed by atoms with Gasteiger partial charge in [-0.1, -0.05) is 23.2 Å². The molecule has 0 aliphatic carbocycles. The van der Waals surface area contributed by atoms with Crippen molar-refractivity contribution in [3.05, 3.63) is 46.2 Å². The minimum atomic E-state index is -0.0437. The Morgan fingerprint density at radius 3 is 2.67 bits per heavy atom. The number of hydrogen-bond acceptors (Lipinski definition) is 4. The van der Waals surface area contributed by atoms with E-state index in [9.17, 15) is 4.79 Å². The molecule has 5 nitrogen and oxygen atoms in total. The van der Waals surface area contributed by atoms with Crippen LogP contribution >= 0.6 is 23.2 Å². The summed E-state index contributed by atoms with van der Waals surface area (Å²) in [7, 11) is 0. The molecule has 1 aliphatic rings. The molecule has 0 spiro atoms. The van der Waals surface area contributed by atoms with Crippen molar-refractivity contribution in [2.24, 2.45) is 5.92 Å². The standard InChI is InChI=1S/C17H18Cl2N4O/c1-11-4-7-20-17(21-11)23-8-5-12(6-9-23)16(24)22-15-3-2-13(18)10-14(15)19/h2-4,7,10,12H,5-6,8-9H2,1H3,(H,22,24). The monoisotopic (exact) mass is 364 g/mol. The lowest BCUT2D eigenvalue weighted by Gasteiger charge is -2.31. The molecule has 24 heavy (non-hydrogen) atoms. The maximum Gasteiger partial charge on any atom is 0.227 e. The molecule has 0 bridgehead atoms. The van der Waals surface area contributed by atoms with Gasteiger partial charge in [-0.05, 0) is 44.0 Å². The molecule has 0 radical (unpaired) electrons. The second-order valence-electron chi connectivity index (χ2n) is 5.87. The van der Waals surface area contributed by atoms with Crippen molar-refractivity contribution in [1.29, 1.82) is 0 Å². The lowest BCUT2D eigenvalue weighted by molar-refractivity contribution is -0.120. The maximum atomic E-state index is 12.4. The number of benzene rings is 1.